The van der Waals surface area contributed by atoms with Crippen molar-refractivity contribution in [3.05, 3.63) is 0 Å². The molecule has 0 radical (unpaired) electrons. The zero-order valence-electron chi connectivity index (χ0n) is 12.8. The molecule has 19 heavy (non-hydrogen) atoms. The second-order valence-corrected chi connectivity index (χ2v) is 4.56. The highest BCUT2D eigenvalue weighted by atomic mass is 16.5. The Hall–Kier alpha value is -0.650. The van der Waals surface area contributed by atoms with Gasteiger partial charge in [0.15, 0.2) is 0 Å². The Kier molecular flexibility index (Phi) is 10.8. The minimum atomic E-state index is -0.672. The lowest BCUT2D eigenvalue weighted by molar-refractivity contribution is -0.151. The molecule has 0 amide bonds. The van der Waals surface area contributed by atoms with Crippen molar-refractivity contribution in [1.29, 1.82) is 0 Å². The van der Waals surface area contributed by atoms with Gasteiger partial charge in [0.1, 0.15) is 5.54 Å². The Morgan fingerprint density at radius 1 is 1.05 bits per heavy atom. The van der Waals surface area contributed by atoms with Crippen LogP contribution in [0.2, 0.25) is 0 Å². The fourth-order valence-corrected chi connectivity index (χ4v) is 1.69. The maximum Gasteiger partial charge on any atom is 0.326 e. The Morgan fingerprint density at radius 2 is 1.68 bits per heavy atom. The maximum absolute atomic E-state index is 11.9. The van der Waals surface area contributed by atoms with E-state index in [4.69, 9.17) is 14.2 Å². The minimum Gasteiger partial charge on any atom is -0.465 e. The van der Waals surface area contributed by atoms with Crippen molar-refractivity contribution >= 4 is 5.97 Å². The Balaban J connectivity index is 3.90. The van der Waals surface area contributed by atoms with E-state index in [0.717, 1.165) is 19.6 Å². The van der Waals surface area contributed by atoms with Gasteiger partial charge in [-0.15, -0.1) is 0 Å². The second-order valence-electron chi connectivity index (χ2n) is 4.56. The number of nitrogens with one attached hydrogen (secondary N) is 1. The van der Waals surface area contributed by atoms with Gasteiger partial charge in [0.2, 0.25) is 0 Å². The largest absolute Gasteiger partial charge is 0.465 e. The van der Waals surface area contributed by atoms with Crippen molar-refractivity contribution in [3.63, 3.8) is 0 Å². The Labute approximate surface area is 117 Å². The molecule has 0 saturated heterocycles. The highest BCUT2D eigenvalue weighted by Crippen LogP contribution is 2.12. The van der Waals surface area contributed by atoms with E-state index in [1.54, 1.807) is 0 Å². The third-order valence-corrected chi connectivity index (χ3v) is 2.76. The lowest BCUT2D eigenvalue weighted by Gasteiger charge is -2.27. The van der Waals surface area contributed by atoms with E-state index in [0.29, 0.717) is 32.8 Å². The molecule has 114 valence electrons. The predicted octanol–water partition coefficient (Wildman–Crippen LogP) is 1.75. The first-order chi connectivity index (χ1) is 9.10. The van der Waals surface area contributed by atoms with Gasteiger partial charge in [0, 0.05) is 13.2 Å². The SMILES string of the molecule is CCCOCCOCCC(C)(NCC)C(=O)OCC. The summed E-state index contributed by atoms with van der Waals surface area (Å²) >= 11 is 0. The van der Waals surface area contributed by atoms with E-state index in [-0.39, 0.29) is 5.97 Å². The minimum absolute atomic E-state index is 0.220. The van der Waals surface area contributed by atoms with Crippen LogP contribution in [0.4, 0.5) is 0 Å². The van der Waals surface area contributed by atoms with E-state index in [1.807, 2.05) is 20.8 Å². The molecule has 1 unspecified atom stereocenters. The van der Waals surface area contributed by atoms with Crippen LogP contribution in [-0.4, -0.2) is 51.1 Å². The van der Waals surface area contributed by atoms with Crippen molar-refractivity contribution in [3.8, 4) is 0 Å². The van der Waals surface area contributed by atoms with Crippen molar-refractivity contribution in [2.75, 3.05) is 39.6 Å². The summed E-state index contributed by atoms with van der Waals surface area (Å²) in [5.74, 6) is -0.220. The van der Waals surface area contributed by atoms with Gasteiger partial charge in [0.25, 0.3) is 0 Å². The molecule has 0 spiro atoms. The number of esters is 1. The first-order valence-electron chi connectivity index (χ1n) is 7.18. The van der Waals surface area contributed by atoms with Crippen LogP contribution < -0.4 is 5.32 Å². The molecule has 0 heterocycles. The third kappa shape index (κ3) is 8.18. The van der Waals surface area contributed by atoms with Crippen LogP contribution in [0.5, 0.6) is 0 Å². The molecular formula is C14H29NO4. The highest BCUT2D eigenvalue weighted by molar-refractivity contribution is 5.80. The fourth-order valence-electron chi connectivity index (χ4n) is 1.69. The van der Waals surface area contributed by atoms with Gasteiger partial charge in [-0.3, -0.25) is 4.79 Å². The van der Waals surface area contributed by atoms with Crippen molar-refractivity contribution in [2.24, 2.45) is 0 Å². The molecule has 1 N–H and O–H groups in total. The standard InChI is InChI=1S/C14H29NO4/c1-5-9-17-11-12-18-10-8-14(4,15-6-2)13(16)19-7-3/h15H,5-12H2,1-4H3. The van der Waals surface area contributed by atoms with Crippen LogP contribution in [0, 0.1) is 0 Å². The van der Waals surface area contributed by atoms with Gasteiger partial charge < -0.3 is 19.5 Å². The summed E-state index contributed by atoms with van der Waals surface area (Å²) in [4.78, 5) is 11.9. The fraction of sp³-hybridized carbons (Fsp3) is 0.929. The molecule has 0 rings (SSSR count). The maximum atomic E-state index is 11.9. The molecule has 0 saturated carbocycles. The molecular weight excluding hydrogens is 246 g/mol. The lowest BCUT2D eigenvalue weighted by Crippen LogP contribution is -2.51. The summed E-state index contributed by atoms with van der Waals surface area (Å²) in [6.07, 6.45) is 1.61. The molecule has 1 atom stereocenters. The molecule has 0 fully saturated rings. The van der Waals surface area contributed by atoms with Crippen LogP contribution in [-0.2, 0) is 19.0 Å². The summed E-state index contributed by atoms with van der Waals surface area (Å²) in [5, 5.41) is 3.17. The van der Waals surface area contributed by atoms with Gasteiger partial charge in [0.05, 0.1) is 19.8 Å². The average molecular weight is 275 g/mol. The molecule has 0 aliphatic carbocycles. The van der Waals surface area contributed by atoms with Crippen molar-refractivity contribution in [2.45, 2.75) is 46.1 Å². The summed E-state index contributed by atoms with van der Waals surface area (Å²) in [5.41, 5.74) is -0.672. The monoisotopic (exact) mass is 275 g/mol. The topological polar surface area (TPSA) is 56.8 Å². The number of likely N-dealkylation sites (N-methyl/N-ethyl adjacent to an activating group) is 1. The van der Waals surface area contributed by atoms with Crippen LogP contribution in [0.25, 0.3) is 0 Å². The van der Waals surface area contributed by atoms with Crippen molar-refractivity contribution in [1.82, 2.24) is 5.32 Å². The Morgan fingerprint density at radius 3 is 2.21 bits per heavy atom. The van der Waals surface area contributed by atoms with E-state index >= 15 is 0 Å². The number of hydrogen-bond acceptors (Lipinski definition) is 5. The first-order valence-corrected chi connectivity index (χ1v) is 7.18. The highest BCUT2D eigenvalue weighted by Gasteiger charge is 2.33. The summed E-state index contributed by atoms with van der Waals surface area (Å²) < 4.78 is 15.9. The van der Waals surface area contributed by atoms with Crippen molar-refractivity contribution < 1.29 is 19.0 Å². The molecule has 0 aromatic rings. The smallest absolute Gasteiger partial charge is 0.326 e. The molecule has 5 heteroatoms. The van der Waals surface area contributed by atoms with E-state index in [1.165, 1.54) is 0 Å². The first kappa shape index (κ1) is 18.4. The lowest BCUT2D eigenvalue weighted by atomic mass is 9.98. The van der Waals surface area contributed by atoms with E-state index < -0.39 is 5.54 Å². The van der Waals surface area contributed by atoms with Gasteiger partial charge >= 0.3 is 5.97 Å². The number of ether oxygens (including phenoxy) is 3. The van der Waals surface area contributed by atoms with Crippen LogP contribution in [0.15, 0.2) is 0 Å². The number of carbonyl (C=O) groups is 1. The van der Waals surface area contributed by atoms with Gasteiger partial charge in [-0.2, -0.15) is 0 Å². The normalized spacial score (nSPS) is 14.1. The molecule has 0 aromatic heterocycles. The van der Waals surface area contributed by atoms with E-state index in [2.05, 4.69) is 12.2 Å². The third-order valence-electron chi connectivity index (χ3n) is 2.76. The molecule has 0 aromatic carbocycles. The quantitative estimate of drug-likeness (QED) is 0.434. The Bertz CT molecular complexity index is 235. The summed E-state index contributed by atoms with van der Waals surface area (Å²) in [7, 11) is 0. The van der Waals surface area contributed by atoms with Crippen LogP contribution in [0.1, 0.15) is 40.5 Å². The summed E-state index contributed by atoms with van der Waals surface area (Å²) in [6.45, 7) is 11.3. The van der Waals surface area contributed by atoms with Gasteiger partial charge in [-0.05, 0) is 33.2 Å². The van der Waals surface area contributed by atoms with Gasteiger partial charge in [-0.1, -0.05) is 13.8 Å². The zero-order chi connectivity index (χ0) is 14.6. The molecule has 0 aliphatic heterocycles. The van der Waals surface area contributed by atoms with E-state index in [9.17, 15) is 4.79 Å². The van der Waals surface area contributed by atoms with Gasteiger partial charge in [-0.25, -0.2) is 0 Å². The average Bonchev–Trinajstić information content (AvgIpc) is 2.38. The predicted molar refractivity (Wildman–Crippen MR) is 75.3 cm³/mol. The number of rotatable bonds is 12. The second kappa shape index (κ2) is 11.2. The van der Waals surface area contributed by atoms with Crippen LogP contribution >= 0.6 is 0 Å². The van der Waals surface area contributed by atoms with Crippen LogP contribution in [0.3, 0.4) is 0 Å². The molecule has 0 bridgehead atoms. The molecule has 0 aliphatic rings. The molecule has 5 nitrogen and oxygen atoms in total. The zero-order valence-corrected chi connectivity index (χ0v) is 12.8. The summed E-state index contributed by atoms with van der Waals surface area (Å²) in [6, 6.07) is 0. The number of carbonyl (C=O) groups excluding carboxylic acids is 1. The number of hydrogen-bond donors (Lipinski definition) is 1.